The van der Waals surface area contributed by atoms with Gasteiger partial charge in [-0.05, 0) is 54.2 Å². The molecule has 7 heteroatoms. The summed E-state index contributed by atoms with van der Waals surface area (Å²) in [5.74, 6) is -0.753. The smallest absolute Gasteiger partial charge is 0.250 e. The molecule has 118 valence electrons. The number of hydrogen-bond donors (Lipinski definition) is 2. The minimum atomic E-state index is -0.417. The van der Waals surface area contributed by atoms with Crippen molar-refractivity contribution in [3.05, 3.63) is 70.0 Å². The van der Waals surface area contributed by atoms with Gasteiger partial charge in [-0.1, -0.05) is 35.3 Å². The van der Waals surface area contributed by atoms with Crippen molar-refractivity contribution in [2.45, 2.75) is 0 Å². The lowest BCUT2D eigenvalue weighted by molar-refractivity contribution is -0.115. The van der Waals surface area contributed by atoms with Crippen LogP contribution in [0.5, 0.6) is 0 Å². The zero-order valence-electron chi connectivity index (χ0n) is 11.6. The number of benzene rings is 2. The van der Waals surface area contributed by atoms with Crippen LogP contribution in [0.25, 0.3) is 6.08 Å². The van der Waals surface area contributed by atoms with Crippen LogP contribution in [0.4, 0.5) is 10.1 Å². The Morgan fingerprint density at radius 2 is 1.70 bits per heavy atom. The van der Waals surface area contributed by atoms with E-state index >= 15 is 0 Å². The largest absolute Gasteiger partial charge is 0.332 e. The Kier molecular flexibility index (Phi) is 6.10. The van der Waals surface area contributed by atoms with Gasteiger partial charge in [-0.3, -0.25) is 10.1 Å². The summed E-state index contributed by atoms with van der Waals surface area (Å²) in [5.41, 5.74) is 1.26. The number of thiocarbonyl (C=S) groups is 1. The van der Waals surface area contributed by atoms with E-state index in [0.29, 0.717) is 21.3 Å². The third-order valence-corrected chi connectivity index (χ3v) is 3.29. The molecule has 1 amide bonds. The lowest BCUT2D eigenvalue weighted by Crippen LogP contribution is -2.32. The summed E-state index contributed by atoms with van der Waals surface area (Å²) >= 11 is 16.8. The first-order valence-corrected chi connectivity index (χ1v) is 7.60. The van der Waals surface area contributed by atoms with Crippen LogP contribution < -0.4 is 10.6 Å². The number of carbonyl (C=O) groups excluding carboxylic acids is 1. The molecule has 0 bridgehead atoms. The van der Waals surface area contributed by atoms with E-state index in [0.717, 1.165) is 0 Å². The summed E-state index contributed by atoms with van der Waals surface area (Å²) in [6.07, 6.45) is 2.85. The van der Waals surface area contributed by atoms with E-state index in [1.54, 1.807) is 36.4 Å². The summed E-state index contributed by atoms with van der Waals surface area (Å²) in [4.78, 5) is 11.8. The van der Waals surface area contributed by atoms with E-state index in [1.807, 2.05) is 0 Å². The number of halogens is 3. The highest BCUT2D eigenvalue weighted by Gasteiger charge is 2.03. The summed E-state index contributed by atoms with van der Waals surface area (Å²) in [7, 11) is 0. The summed E-state index contributed by atoms with van der Waals surface area (Å²) < 4.78 is 12.8. The normalized spacial score (nSPS) is 10.6. The maximum Gasteiger partial charge on any atom is 0.250 e. The standard InChI is InChI=1S/C16H11Cl2FN2OS/c17-11-7-12(18)9-14(8-11)20-16(23)21-15(22)6-3-10-1-4-13(19)5-2-10/h1-9H,(H2,20,21,22,23)/b6-3+. The van der Waals surface area contributed by atoms with Crippen molar-refractivity contribution in [3.63, 3.8) is 0 Å². The van der Waals surface area contributed by atoms with Crippen LogP contribution in [-0.2, 0) is 4.79 Å². The van der Waals surface area contributed by atoms with Gasteiger partial charge in [0, 0.05) is 21.8 Å². The molecule has 2 rings (SSSR count). The molecule has 2 aromatic rings. The van der Waals surface area contributed by atoms with Crippen molar-refractivity contribution in [3.8, 4) is 0 Å². The molecular formula is C16H11Cl2FN2OS. The van der Waals surface area contributed by atoms with E-state index in [2.05, 4.69) is 10.6 Å². The molecule has 0 aliphatic heterocycles. The third-order valence-electron chi connectivity index (χ3n) is 2.65. The Hall–Kier alpha value is -1.95. The van der Waals surface area contributed by atoms with E-state index in [4.69, 9.17) is 35.4 Å². The average Bonchev–Trinajstić information content (AvgIpc) is 2.45. The minimum Gasteiger partial charge on any atom is -0.332 e. The van der Waals surface area contributed by atoms with E-state index < -0.39 is 5.91 Å². The van der Waals surface area contributed by atoms with E-state index in [-0.39, 0.29) is 10.9 Å². The van der Waals surface area contributed by atoms with Crippen LogP contribution in [0, 0.1) is 5.82 Å². The zero-order chi connectivity index (χ0) is 16.8. The Morgan fingerprint density at radius 1 is 1.09 bits per heavy atom. The zero-order valence-corrected chi connectivity index (χ0v) is 14.0. The topological polar surface area (TPSA) is 41.1 Å². The molecule has 23 heavy (non-hydrogen) atoms. The molecule has 0 aliphatic rings. The molecule has 0 saturated heterocycles. The number of anilines is 1. The maximum atomic E-state index is 12.8. The van der Waals surface area contributed by atoms with Gasteiger partial charge in [0.1, 0.15) is 5.82 Å². The van der Waals surface area contributed by atoms with E-state index in [9.17, 15) is 9.18 Å². The lowest BCUT2D eigenvalue weighted by atomic mass is 10.2. The molecule has 0 atom stereocenters. The maximum absolute atomic E-state index is 12.8. The highest BCUT2D eigenvalue weighted by Crippen LogP contribution is 2.22. The molecular weight excluding hydrogens is 358 g/mol. The van der Waals surface area contributed by atoms with Gasteiger partial charge in [-0.15, -0.1) is 0 Å². The van der Waals surface area contributed by atoms with E-state index in [1.165, 1.54) is 18.2 Å². The number of rotatable bonds is 3. The van der Waals surface area contributed by atoms with Crippen LogP contribution in [0.3, 0.4) is 0 Å². The second kappa shape index (κ2) is 8.06. The van der Waals surface area contributed by atoms with Crippen molar-refractivity contribution in [1.29, 1.82) is 0 Å². The van der Waals surface area contributed by atoms with Gasteiger partial charge >= 0.3 is 0 Å². The fourth-order valence-electron chi connectivity index (χ4n) is 1.69. The van der Waals surface area contributed by atoms with Crippen LogP contribution in [0.2, 0.25) is 10.0 Å². The second-order valence-corrected chi connectivity index (χ2v) is 5.77. The number of hydrogen-bond acceptors (Lipinski definition) is 2. The SMILES string of the molecule is O=C(/C=C/c1ccc(F)cc1)NC(=S)Nc1cc(Cl)cc(Cl)c1. The van der Waals surface area contributed by atoms with Gasteiger partial charge in [0.15, 0.2) is 5.11 Å². The van der Waals surface area contributed by atoms with Crippen LogP contribution in [0.15, 0.2) is 48.5 Å². The summed E-state index contributed by atoms with van der Waals surface area (Å²) in [5, 5.41) is 6.30. The fourth-order valence-corrected chi connectivity index (χ4v) is 2.43. The molecule has 0 heterocycles. The first kappa shape index (κ1) is 17.4. The molecule has 0 aromatic heterocycles. The molecule has 3 nitrogen and oxygen atoms in total. The molecule has 0 fully saturated rings. The third kappa shape index (κ3) is 5.98. The van der Waals surface area contributed by atoms with Crippen molar-refractivity contribution in [1.82, 2.24) is 5.32 Å². The predicted octanol–water partition coefficient (Wildman–Crippen LogP) is 4.66. The molecule has 0 aliphatic carbocycles. The second-order valence-electron chi connectivity index (χ2n) is 4.49. The quantitative estimate of drug-likeness (QED) is 0.611. The minimum absolute atomic E-state index is 0.108. The highest BCUT2D eigenvalue weighted by atomic mass is 35.5. The number of carbonyl (C=O) groups is 1. The van der Waals surface area contributed by atoms with Crippen LogP contribution in [-0.4, -0.2) is 11.0 Å². The molecule has 0 spiro atoms. The lowest BCUT2D eigenvalue weighted by Gasteiger charge is -2.08. The van der Waals surface area contributed by atoms with Crippen molar-refractivity contribution in [2.75, 3.05) is 5.32 Å². The molecule has 0 radical (unpaired) electrons. The highest BCUT2D eigenvalue weighted by molar-refractivity contribution is 7.80. The first-order valence-electron chi connectivity index (χ1n) is 6.44. The summed E-state index contributed by atoms with van der Waals surface area (Å²) in [6, 6.07) is 10.6. The van der Waals surface area contributed by atoms with Gasteiger partial charge in [-0.25, -0.2) is 4.39 Å². The Morgan fingerprint density at radius 3 is 2.30 bits per heavy atom. The van der Waals surface area contributed by atoms with Crippen molar-refractivity contribution in [2.24, 2.45) is 0 Å². The van der Waals surface area contributed by atoms with Crippen molar-refractivity contribution < 1.29 is 9.18 Å². The van der Waals surface area contributed by atoms with Gasteiger partial charge in [0.2, 0.25) is 5.91 Å². The van der Waals surface area contributed by atoms with Gasteiger partial charge in [0.25, 0.3) is 0 Å². The monoisotopic (exact) mass is 368 g/mol. The Labute approximate surface area is 148 Å². The van der Waals surface area contributed by atoms with Crippen molar-refractivity contribution >= 4 is 58.2 Å². The van der Waals surface area contributed by atoms with Gasteiger partial charge in [-0.2, -0.15) is 0 Å². The number of amides is 1. The summed E-state index contributed by atoms with van der Waals surface area (Å²) in [6.45, 7) is 0. The van der Waals surface area contributed by atoms with Crippen LogP contribution in [0.1, 0.15) is 5.56 Å². The predicted molar refractivity (Wildman–Crippen MR) is 96.3 cm³/mol. The van der Waals surface area contributed by atoms with Crippen LogP contribution >= 0.6 is 35.4 Å². The van der Waals surface area contributed by atoms with Gasteiger partial charge in [0.05, 0.1) is 0 Å². The fraction of sp³-hybridized carbons (Fsp3) is 0. The molecule has 0 unspecified atom stereocenters. The molecule has 2 aromatic carbocycles. The average molecular weight is 369 g/mol. The van der Waals surface area contributed by atoms with Gasteiger partial charge < -0.3 is 5.32 Å². The first-order chi connectivity index (χ1) is 10.9. The molecule has 0 saturated carbocycles. The number of nitrogens with one attached hydrogen (secondary N) is 2. The molecule has 2 N–H and O–H groups in total. The Bertz CT molecular complexity index is 743. The Balaban J connectivity index is 1.91.